The van der Waals surface area contributed by atoms with Gasteiger partial charge < -0.3 is 14.6 Å². The van der Waals surface area contributed by atoms with E-state index < -0.39 is 25.6 Å². The molecule has 0 spiro atoms. The van der Waals surface area contributed by atoms with Crippen molar-refractivity contribution in [2.24, 2.45) is 4.99 Å². The summed E-state index contributed by atoms with van der Waals surface area (Å²) in [5.41, 5.74) is 12.3. The molecule has 0 aliphatic carbocycles. The van der Waals surface area contributed by atoms with Crippen LogP contribution in [0.3, 0.4) is 0 Å². The number of nitrogen functional groups attached to an aromatic ring is 1. The van der Waals surface area contributed by atoms with E-state index in [9.17, 15) is 38.2 Å². The number of aryl methyl sites for hydroxylation is 4. The first-order valence-electron chi connectivity index (χ1n) is 15.6. The van der Waals surface area contributed by atoms with Crippen molar-refractivity contribution in [3.63, 3.8) is 0 Å². The number of hydrogen-bond donors (Lipinski definition) is 1. The number of aldehydes is 1. The van der Waals surface area contributed by atoms with Crippen LogP contribution in [0.1, 0.15) is 32.6 Å². The van der Waals surface area contributed by atoms with E-state index in [2.05, 4.69) is 15.0 Å². The summed E-state index contributed by atoms with van der Waals surface area (Å²) in [5.74, 6) is 0.847. The second kappa shape index (κ2) is 19.5. The number of oxazole rings is 2. The number of nitro benzene ring substituents is 2. The van der Waals surface area contributed by atoms with E-state index in [-0.39, 0.29) is 16.3 Å². The molecular formula is C37H34N6O10S. The van der Waals surface area contributed by atoms with Crippen molar-refractivity contribution in [2.45, 2.75) is 32.6 Å². The summed E-state index contributed by atoms with van der Waals surface area (Å²) in [6, 6.07) is 20.8. The van der Waals surface area contributed by atoms with E-state index in [0.717, 1.165) is 39.3 Å². The third kappa shape index (κ3) is 12.0. The van der Waals surface area contributed by atoms with Crippen LogP contribution in [0.15, 0.2) is 123 Å². The van der Waals surface area contributed by atoms with E-state index in [4.69, 9.17) is 14.6 Å². The van der Waals surface area contributed by atoms with Crippen LogP contribution in [0, 0.1) is 47.9 Å². The molecule has 0 aliphatic heterocycles. The van der Waals surface area contributed by atoms with Crippen molar-refractivity contribution in [1.82, 2.24) is 9.97 Å². The van der Waals surface area contributed by atoms with E-state index >= 15 is 0 Å². The summed E-state index contributed by atoms with van der Waals surface area (Å²) in [4.78, 5) is 50.9. The maximum absolute atomic E-state index is 11.4. The molecule has 0 atom stereocenters. The highest BCUT2D eigenvalue weighted by Gasteiger charge is 2.13. The van der Waals surface area contributed by atoms with Crippen LogP contribution in [0.2, 0.25) is 0 Å². The number of rotatable bonds is 8. The molecule has 2 aromatic heterocycles. The number of benzene rings is 4. The Balaban J connectivity index is 0.000000194. The van der Waals surface area contributed by atoms with Gasteiger partial charge in [0.25, 0.3) is 11.4 Å². The second-order valence-electron chi connectivity index (χ2n) is 11.3. The molecule has 2 N–H and O–H groups in total. The molecule has 0 amide bonds. The Hall–Kier alpha value is -7.10. The van der Waals surface area contributed by atoms with Crippen LogP contribution in [0.4, 0.5) is 17.1 Å². The third-order valence-electron chi connectivity index (χ3n) is 7.34. The summed E-state index contributed by atoms with van der Waals surface area (Å²) in [7, 11) is -3.47. The molecule has 54 heavy (non-hydrogen) atoms. The average Bonchev–Trinajstić information content (AvgIpc) is 3.88. The van der Waals surface area contributed by atoms with Crippen LogP contribution < -0.4 is 5.73 Å². The lowest BCUT2D eigenvalue weighted by atomic mass is 10.1. The van der Waals surface area contributed by atoms with Gasteiger partial charge in [0.05, 0.1) is 27.1 Å². The van der Waals surface area contributed by atoms with Gasteiger partial charge in [0.1, 0.15) is 6.29 Å². The molecule has 0 saturated heterocycles. The first-order chi connectivity index (χ1) is 25.7. The lowest BCUT2D eigenvalue weighted by molar-refractivity contribution is -0.385. The number of carbonyl (C=O) groups is 1. The lowest BCUT2D eigenvalue weighted by Gasteiger charge is -2.02. The summed E-state index contributed by atoms with van der Waals surface area (Å²) in [6.07, 6.45) is 7.90. The molecule has 0 aliphatic rings. The van der Waals surface area contributed by atoms with Gasteiger partial charge in [-0.15, -0.1) is 0 Å². The van der Waals surface area contributed by atoms with E-state index in [1.165, 1.54) is 61.3 Å². The Labute approximate surface area is 309 Å². The third-order valence-corrected chi connectivity index (χ3v) is 8.80. The highest BCUT2D eigenvalue weighted by molar-refractivity contribution is 7.91. The molecule has 0 bridgehead atoms. The average molecular weight is 755 g/mol. The molecular weight excluding hydrogens is 721 g/mol. The number of nitro groups is 2. The molecule has 16 nitrogen and oxygen atoms in total. The molecule has 6 rings (SSSR count). The second-order valence-corrected chi connectivity index (χ2v) is 13.2. The maximum Gasteiger partial charge on any atom is 0.269 e. The SMILES string of the molecule is Cc1cc(N)ccc1-c1cnco1.Cc1cc([N+](=O)[O-])ccc1-c1cnco1.Cc1cc([N+](=O)[O-])ccc1C=O.Cc1ccc(S(=O)(=O)CN=C=O)cc1. The van der Waals surface area contributed by atoms with Gasteiger partial charge >= 0.3 is 0 Å². The van der Waals surface area contributed by atoms with Crippen LogP contribution in [0.25, 0.3) is 22.6 Å². The van der Waals surface area contributed by atoms with E-state index in [1.807, 2.05) is 32.0 Å². The van der Waals surface area contributed by atoms with Gasteiger partial charge in [-0.1, -0.05) is 17.7 Å². The fourth-order valence-corrected chi connectivity index (χ4v) is 5.46. The lowest BCUT2D eigenvalue weighted by Crippen LogP contribution is -2.04. The number of anilines is 1. The van der Waals surface area contributed by atoms with Crippen LogP contribution in [-0.4, -0.2) is 46.5 Å². The molecule has 2 heterocycles. The molecule has 17 heteroatoms. The number of isocyanates is 1. The largest absolute Gasteiger partial charge is 0.444 e. The minimum absolute atomic E-state index is 0.0121. The van der Waals surface area contributed by atoms with Crippen molar-refractivity contribution in [3.8, 4) is 22.6 Å². The highest BCUT2D eigenvalue weighted by Crippen LogP contribution is 2.26. The zero-order chi connectivity index (χ0) is 39.8. The molecule has 0 unspecified atom stereocenters. The van der Waals surface area contributed by atoms with Gasteiger partial charge in [-0.25, -0.2) is 23.2 Å². The maximum atomic E-state index is 11.4. The minimum atomic E-state index is -3.47. The topological polar surface area (TPSA) is 245 Å². The number of sulfone groups is 1. The number of nitrogens with zero attached hydrogens (tertiary/aromatic N) is 5. The Morgan fingerprint density at radius 2 is 1.26 bits per heavy atom. The summed E-state index contributed by atoms with van der Waals surface area (Å²) < 4.78 is 33.2. The van der Waals surface area contributed by atoms with E-state index in [0.29, 0.717) is 23.2 Å². The van der Waals surface area contributed by atoms with Crippen LogP contribution >= 0.6 is 0 Å². The van der Waals surface area contributed by atoms with Gasteiger partial charge in [-0.2, -0.15) is 4.99 Å². The van der Waals surface area contributed by atoms with Crippen molar-refractivity contribution < 1.29 is 36.7 Å². The van der Waals surface area contributed by atoms with Gasteiger partial charge in [0.15, 0.2) is 40.0 Å². The molecule has 0 radical (unpaired) electrons. The van der Waals surface area contributed by atoms with Crippen molar-refractivity contribution in [1.29, 1.82) is 0 Å². The van der Waals surface area contributed by atoms with Crippen molar-refractivity contribution >= 4 is 39.3 Å². The molecule has 6 aromatic rings. The number of carbonyl (C=O) groups excluding carboxylic acids is 2. The molecule has 0 saturated carbocycles. The normalized spacial score (nSPS) is 10.1. The predicted molar refractivity (Wildman–Crippen MR) is 199 cm³/mol. The van der Waals surface area contributed by atoms with Crippen LogP contribution in [-0.2, 0) is 14.6 Å². The first-order valence-corrected chi connectivity index (χ1v) is 17.2. The standard InChI is InChI=1S/C10H8N2O3.C10H10N2O.C9H9NO3S.C8H7NO3/c1-7-4-8(12(13)14)2-3-9(7)10-5-11-6-15-10;1-7-4-8(11)2-3-9(7)10-5-12-6-13-10;1-8-2-4-9(5-3-8)14(12,13)7-10-6-11;1-6-4-8(9(11)12)3-2-7(6)5-10/h2-6H,1H3;2-6H,11H2,1H3;2-5H,7H2,1H3;2-5H,1H3. The Kier molecular flexibility index (Phi) is 14.9. The smallest absolute Gasteiger partial charge is 0.269 e. The van der Waals surface area contributed by atoms with Gasteiger partial charge in [0, 0.05) is 46.6 Å². The number of nitrogens with two attached hydrogens (primary N) is 1. The monoisotopic (exact) mass is 754 g/mol. The Bertz CT molecular complexity index is 2360. The first kappa shape index (κ1) is 41.3. The van der Waals surface area contributed by atoms with Crippen molar-refractivity contribution in [3.05, 3.63) is 152 Å². The number of aromatic nitrogens is 2. The fourth-order valence-electron chi connectivity index (χ4n) is 4.54. The predicted octanol–water partition coefficient (Wildman–Crippen LogP) is 7.57. The van der Waals surface area contributed by atoms with Gasteiger partial charge in [-0.05, 0) is 86.8 Å². The quantitative estimate of drug-likeness (QED) is 0.0394. The molecule has 0 fully saturated rings. The summed E-state index contributed by atoms with van der Waals surface area (Å²) in [6.45, 7) is 7.32. The van der Waals surface area contributed by atoms with Gasteiger partial charge in [-0.3, -0.25) is 25.0 Å². The summed E-state index contributed by atoms with van der Waals surface area (Å²) >= 11 is 0. The summed E-state index contributed by atoms with van der Waals surface area (Å²) in [5, 5.41) is 20.8. The Morgan fingerprint density at radius 1 is 0.759 bits per heavy atom. The number of aliphatic imine (C=N–C) groups is 1. The number of hydrogen-bond acceptors (Lipinski definition) is 14. The van der Waals surface area contributed by atoms with Crippen molar-refractivity contribution in [2.75, 3.05) is 11.6 Å². The highest BCUT2D eigenvalue weighted by atomic mass is 32.2. The van der Waals surface area contributed by atoms with Gasteiger partial charge in [0.2, 0.25) is 6.08 Å². The number of non-ortho nitro benzene ring substituents is 2. The zero-order valence-electron chi connectivity index (χ0n) is 29.4. The van der Waals surface area contributed by atoms with E-state index in [1.54, 1.807) is 44.4 Å². The zero-order valence-corrected chi connectivity index (χ0v) is 30.2. The fraction of sp³-hybridized carbons (Fsp3) is 0.135. The Morgan fingerprint density at radius 3 is 1.69 bits per heavy atom. The molecule has 278 valence electrons. The minimum Gasteiger partial charge on any atom is -0.444 e. The van der Waals surface area contributed by atoms with Crippen LogP contribution in [0.5, 0.6) is 0 Å². The molecule has 4 aromatic carbocycles.